The molecule has 0 fully saturated rings. The van der Waals surface area contributed by atoms with Gasteiger partial charge in [0.15, 0.2) is 11.5 Å². The Morgan fingerprint density at radius 3 is 2.71 bits per heavy atom. The number of anilines is 1. The maximum atomic E-state index is 13.1. The van der Waals surface area contributed by atoms with Gasteiger partial charge in [-0.3, -0.25) is 0 Å². The summed E-state index contributed by atoms with van der Waals surface area (Å²) in [7, 11) is 1.60. The lowest BCUT2D eigenvalue weighted by molar-refractivity contribution is -0.143. The summed E-state index contributed by atoms with van der Waals surface area (Å²) in [6, 6.07) is 5.14. The Morgan fingerprint density at radius 2 is 2.06 bits per heavy atom. The summed E-state index contributed by atoms with van der Waals surface area (Å²) in [5, 5.41) is 8.59. The molecule has 8 nitrogen and oxygen atoms in total. The molecule has 1 aliphatic heterocycles. The lowest BCUT2D eigenvalue weighted by Crippen LogP contribution is -2.30. The largest absolute Gasteiger partial charge is 0.493 e. The van der Waals surface area contributed by atoms with Gasteiger partial charge in [0, 0.05) is 11.4 Å². The average Bonchev–Trinajstić information content (AvgIpc) is 3.13. The van der Waals surface area contributed by atoms with Crippen molar-refractivity contribution in [2.45, 2.75) is 58.3 Å². The summed E-state index contributed by atoms with van der Waals surface area (Å²) in [6.45, 7) is 10.0. The number of nitrogens with zero attached hydrogens (tertiary/aromatic N) is 3. The number of ether oxygens (including phenoxy) is 3. The monoisotopic (exact) mass is 446 g/mol. The summed E-state index contributed by atoms with van der Waals surface area (Å²) in [5.74, 6) is 2.36. The molecular formula is C22H30N4O4S. The molecule has 2 aromatic rings. The minimum absolute atomic E-state index is 0.240. The van der Waals surface area contributed by atoms with E-state index in [0.717, 1.165) is 17.7 Å². The number of hydrogen-bond donors (Lipinski definition) is 1. The van der Waals surface area contributed by atoms with Crippen LogP contribution in [-0.4, -0.2) is 46.3 Å². The van der Waals surface area contributed by atoms with Crippen LogP contribution in [0.15, 0.2) is 34.6 Å². The van der Waals surface area contributed by atoms with Crippen molar-refractivity contribution in [2.24, 2.45) is 0 Å². The van der Waals surface area contributed by atoms with Gasteiger partial charge in [0.2, 0.25) is 11.1 Å². The number of fused-ring (bicyclic) bond motifs is 1. The van der Waals surface area contributed by atoms with Crippen molar-refractivity contribution in [3.8, 4) is 11.5 Å². The third-order valence-electron chi connectivity index (χ3n) is 4.63. The highest BCUT2D eigenvalue weighted by molar-refractivity contribution is 7.99. The number of rotatable bonds is 9. The summed E-state index contributed by atoms with van der Waals surface area (Å²) < 4.78 is 18.5. The zero-order chi connectivity index (χ0) is 22.5. The predicted octanol–water partition coefficient (Wildman–Crippen LogP) is 4.43. The van der Waals surface area contributed by atoms with E-state index in [1.165, 1.54) is 0 Å². The molecule has 3 rings (SSSR count). The minimum atomic E-state index is -0.504. The maximum absolute atomic E-state index is 13.1. The average molecular weight is 447 g/mol. The van der Waals surface area contributed by atoms with E-state index in [1.54, 1.807) is 23.6 Å². The second-order valence-corrected chi connectivity index (χ2v) is 8.44. The fourth-order valence-corrected chi connectivity index (χ4v) is 4.05. The van der Waals surface area contributed by atoms with Gasteiger partial charge in [-0.15, -0.1) is 5.10 Å². The number of thioether (sulfide) groups is 1. The van der Waals surface area contributed by atoms with Crippen molar-refractivity contribution >= 4 is 23.7 Å². The molecule has 0 amide bonds. The molecule has 0 aliphatic carbocycles. The van der Waals surface area contributed by atoms with Crippen molar-refractivity contribution in [1.29, 1.82) is 0 Å². The Kier molecular flexibility index (Phi) is 7.48. The third-order valence-corrected chi connectivity index (χ3v) is 5.68. The van der Waals surface area contributed by atoms with E-state index in [2.05, 4.69) is 17.2 Å². The van der Waals surface area contributed by atoms with Gasteiger partial charge in [0.1, 0.15) is 6.04 Å². The van der Waals surface area contributed by atoms with Crippen LogP contribution in [0.5, 0.6) is 11.5 Å². The first-order valence-corrected chi connectivity index (χ1v) is 11.5. The Balaban J connectivity index is 2.13. The maximum Gasteiger partial charge on any atom is 0.338 e. The van der Waals surface area contributed by atoms with Crippen molar-refractivity contribution in [2.75, 3.05) is 24.8 Å². The first-order chi connectivity index (χ1) is 14.9. The fraction of sp³-hybridized carbons (Fsp3) is 0.500. The Hall–Kier alpha value is -2.68. The molecule has 0 bridgehead atoms. The van der Waals surface area contributed by atoms with Gasteiger partial charge in [-0.25, -0.2) is 9.48 Å². The summed E-state index contributed by atoms with van der Waals surface area (Å²) in [5.41, 5.74) is 2.01. The summed E-state index contributed by atoms with van der Waals surface area (Å²) >= 11 is 1.59. The number of aromatic nitrogens is 3. The molecule has 1 aromatic carbocycles. The molecule has 1 unspecified atom stereocenters. The van der Waals surface area contributed by atoms with Crippen LogP contribution in [0.4, 0.5) is 5.95 Å². The number of carbonyl (C=O) groups excluding carboxylic acids is 1. The minimum Gasteiger partial charge on any atom is -0.493 e. The van der Waals surface area contributed by atoms with Gasteiger partial charge in [-0.05, 0) is 51.8 Å². The van der Waals surface area contributed by atoms with Gasteiger partial charge in [-0.1, -0.05) is 24.8 Å². The van der Waals surface area contributed by atoms with Crippen LogP contribution in [0.25, 0.3) is 0 Å². The van der Waals surface area contributed by atoms with E-state index in [1.807, 2.05) is 45.9 Å². The van der Waals surface area contributed by atoms with Crippen LogP contribution in [0, 0.1) is 0 Å². The topological polar surface area (TPSA) is 87.5 Å². The smallest absolute Gasteiger partial charge is 0.338 e. The lowest BCUT2D eigenvalue weighted by atomic mass is 9.95. The zero-order valence-corrected chi connectivity index (χ0v) is 19.7. The molecule has 0 radical (unpaired) electrons. The van der Waals surface area contributed by atoms with Gasteiger partial charge in [0.05, 0.1) is 25.4 Å². The fourth-order valence-electron chi connectivity index (χ4n) is 3.37. The molecule has 168 valence electrons. The SMILES string of the molecule is CCCSc1nc2n(n1)C(c1ccc(OC)c(OCC)c1)C(C(=O)OC(C)C)=C(C)N2. The highest BCUT2D eigenvalue weighted by Crippen LogP contribution is 2.40. The Labute approximate surface area is 187 Å². The van der Waals surface area contributed by atoms with E-state index in [0.29, 0.717) is 40.5 Å². The number of esters is 1. The first kappa shape index (κ1) is 23.0. The zero-order valence-electron chi connectivity index (χ0n) is 18.9. The molecule has 0 spiro atoms. The van der Waals surface area contributed by atoms with Gasteiger partial charge < -0.3 is 19.5 Å². The van der Waals surface area contributed by atoms with Crippen molar-refractivity contribution in [3.63, 3.8) is 0 Å². The van der Waals surface area contributed by atoms with Crippen LogP contribution in [0.3, 0.4) is 0 Å². The highest BCUT2D eigenvalue weighted by Gasteiger charge is 2.36. The third kappa shape index (κ3) is 4.98. The molecule has 31 heavy (non-hydrogen) atoms. The van der Waals surface area contributed by atoms with E-state index >= 15 is 0 Å². The highest BCUT2D eigenvalue weighted by atomic mass is 32.2. The number of benzene rings is 1. The quantitative estimate of drug-likeness (QED) is 0.447. The molecule has 2 heterocycles. The molecule has 9 heteroatoms. The van der Waals surface area contributed by atoms with Crippen LogP contribution in [0.1, 0.15) is 52.6 Å². The van der Waals surface area contributed by atoms with E-state index in [9.17, 15) is 4.79 Å². The number of carbonyl (C=O) groups is 1. The number of hydrogen-bond acceptors (Lipinski definition) is 8. The van der Waals surface area contributed by atoms with Gasteiger partial charge in [0.25, 0.3) is 0 Å². The molecule has 1 aliphatic rings. The summed E-state index contributed by atoms with van der Waals surface area (Å²) in [4.78, 5) is 17.7. The number of methoxy groups -OCH3 is 1. The molecular weight excluding hydrogens is 416 g/mol. The van der Waals surface area contributed by atoms with Crippen molar-refractivity contribution in [1.82, 2.24) is 14.8 Å². The van der Waals surface area contributed by atoms with Crippen LogP contribution in [0.2, 0.25) is 0 Å². The van der Waals surface area contributed by atoms with Crippen LogP contribution in [-0.2, 0) is 9.53 Å². The molecule has 0 saturated heterocycles. The number of allylic oxidation sites excluding steroid dienone is 1. The number of nitrogens with one attached hydrogen (secondary N) is 1. The second-order valence-electron chi connectivity index (χ2n) is 7.37. The predicted molar refractivity (Wildman–Crippen MR) is 121 cm³/mol. The lowest BCUT2D eigenvalue weighted by Gasteiger charge is -2.29. The molecule has 1 N–H and O–H groups in total. The van der Waals surface area contributed by atoms with Crippen molar-refractivity contribution in [3.05, 3.63) is 35.0 Å². The Morgan fingerprint density at radius 1 is 1.29 bits per heavy atom. The second kappa shape index (κ2) is 10.1. The van der Waals surface area contributed by atoms with E-state index in [-0.39, 0.29) is 12.1 Å². The van der Waals surface area contributed by atoms with Crippen LogP contribution >= 0.6 is 11.8 Å². The van der Waals surface area contributed by atoms with Gasteiger partial charge in [-0.2, -0.15) is 4.98 Å². The molecule has 1 atom stereocenters. The standard InChI is InChI=1S/C22H30N4O4S/c1-7-11-31-22-24-21-23-14(5)18(20(27)30-13(3)4)19(26(21)25-22)15-9-10-16(28-6)17(12-15)29-8-2/h9-10,12-13,19H,7-8,11H2,1-6H3,(H,23,24,25). The summed E-state index contributed by atoms with van der Waals surface area (Å²) in [6.07, 6.45) is 0.779. The normalized spacial score (nSPS) is 15.5. The molecule has 1 aromatic heterocycles. The molecule has 0 saturated carbocycles. The Bertz CT molecular complexity index is 970. The van der Waals surface area contributed by atoms with Gasteiger partial charge >= 0.3 is 5.97 Å². The van der Waals surface area contributed by atoms with E-state index < -0.39 is 6.04 Å². The first-order valence-electron chi connectivity index (χ1n) is 10.5. The van der Waals surface area contributed by atoms with Crippen LogP contribution < -0.4 is 14.8 Å². The van der Waals surface area contributed by atoms with E-state index in [4.69, 9.17) is 19.3 Å². The van der Waals surface area contributed by atoms with Crippen molar-refractivity contribution < 1.29 is 19.0 Å².